The summed E-state index contributed by atoms with van der Waals surface area (Å²) < 4.78 is 1.09. The van der Waals surface area contributed by atoms with Gasteiger partial charge < -0.3 is 5.73 Å². The molecule has 3 nitrogen and oxygen atoms in total. The summed E-state index contributed by atoms with van der Waals surface area (Å²) in [6.45, 7) is 0. The lowest BCUT2D eigenvalue weighted by Gasteiger charge is -2.12. The summed E-state index contributed by atoms with van der Waals surface area (Å²) >= 11 is 2.29. The Morgan fingerprint density at radius 1 is 1.00 bits per heavy atom. The molecular formula is C12H16IN3. The van der Waals surface area contributed by atoms with Gasteiger partial charge in [0.2, 0.25) is 0 Å². The standard InChI is InChI=1S/C12H16IN3/c13-9-10(7-5-6-7)15-12(16-11(9)14)8-3-1-2-4-8/h7-8H,1-6H2,(H2,14,15,16). The van der Waals surface area contributed by atoms with Gasteiger partial charge in [0.15, 0.2) is 0 Å². The first-order valence-corrected chi connectivity index (χ1v) is 7.16. The molecule has 1 aromatic heterocycles. The molecular weight excluding hydrogens is 313 g/mol. The summed E-state index contributed by atoms with van der Waals surface area (Å²) in [5.41, 5.74) is 7.21. The molecule has 3 rings (SSSR count). The van der Waals surface area contributed by atoms with Crippen LogP contribution in [0.25, 0.3) is 0 Å². The molecule has 86 valence electrons. The maximum atomic E-state index is 6.00. The second-order valence-electron chi connectivity index (χ2n) is 4.92. The van der Waals surface area contributed by atoms with Crippen LogP contribution in [0.5, 0.6) is 0 Å². The van der Waals surface area contributed by atoms with E-state index in [9.17, 15) is 0 Å². The molecule has 0 aliphatic heterocycles. The van der Waals surface area contributed by atoms with Crippen LogP contribution in [-0.2, 0) is 0 Å². The molecule has 2 N–H and O–H groups in total. The van der Waals surface area contributed by atoms with Gasteiger partial charge in [0.25, 0.3) is 0 Å². The van der Waals surface area contributed by atoms with E-state index < -0.39 is 0 Å². The van der Waals surface area contributed by atoms with E-state index in [2.05, 4.69) is 27.6 Å². The Labute approximate surface area is 109 Å². The number of hydrogen-bond acceptors (Lipinski definition) is 3. The zero-order valence-electron chi connectivity index (χ0n) is 9.25. The molecule has 2 saturated carbocycles. The van der Waals surface area contributed by atoms with Crippen molar-refractivity contribution in [3.63, 3.8) is 0 Å². The largest absolute Gasteiger partial charge is 0.383 e. The van der Waals surface area contributed by atoms with Gasteiger partial charge in [0.1, 0.15) is 11.6 Å². The number of nitrogens with two attached hydrogens (primary N) is 1. The van der Waals surface area contributed by atoms with Crippen molar-refractivity contribution in [3.05, 3.63) is 15.1 Å². The molecule has 0 unspecified atom stereocenters. The van der Waals surface area contributed by atoms with Crippen molar-refractivity contribution in [2.45, 2.75) is 50.4 Å². The van der Waals surface area contributed by atoms with E-state index >= 15 is 0 Å². The summed E-state index contributed by atoms with van der Waals surface area (Å²) in [6, 6.07) is 0. The first-order valence-electron chi connectivity index (χ1n) is 6.08. The smallest absolute Gasteiger partial charge is 0.140 e. The Bertz CT molecular complexity index is 409. The van der Waals surface area contributed by atoms with Crippen molar-refractivity contribution in [2.24, 2.45) is 0 Å². The SMILES string of the molecule is Nc1nc(C2CCCC2)nc(C2CC2)c1I. The van der Waals surface area contributed by atoms with Crippen LogP contribution in [0.1, 0.15) is 61.9 Å². The van der Waals surface area contributed by atoms with Gasteiger partial charge >= 0.3 is 0 Å². The first-order chi connectivity index (χ1) is 7.75. The average molecular weight is 329 g/mol. The zero-order chi connectivity index (χ0) is 11.1. The molecule has 2 aliphatic carbocycles. The summed E-state index contributed by atoms with van der Waals surface area (Å²) in [5, 5.41) is 0. The van der Waals surface area contributed by atoms with Crippen LogP contribution in [-0.4, -0.2) is 9.97 Å². The van der Waals surface area contributed by atoms with Crippen molar-refractivity contribution in [3.8, 4) is 0 Å². The molecule has 0 radical (unpaired) electrons. The molecule has 0 aromatic carbocycles. The lowest BCUT2D eigenvalue weighted by atomic mass is 10.1. The molecule has 2 fully saturated rings. The van der Waals surface area contributed by atoms with E-state index in [-0.39, 0.29) is 0 Å². The van der Waals surface area contributed by atoms with Crippen molar-refractivity contribution >= 4 is 28.4 Å². The van der Waals surface area contributed by atoms with Gasteiger partial charge in [-0.15, -0.1) is 0 Å². The highest BCUT2D eigenvalue weighted by atomic mass is 127. The van der Waals surface area contributed by atoms with Crippen molar-refractivity contribution in [1.29, 1.82) is 0 Å². The quantitative estimate of drug-likeness (QED) is 0.848. The van der Waals surface area contributed by atoms with Gasteiger partial charge in [-0.25, -0.2) is 9.97 Å². The highest BCUT2D eigenvalue weighted by molar-refractivity contribution is 14.1. The minimum atomic E-state index is 0.566. The van der Waals surface area contributed by atoms with Crippen LogP contribution >= 0.6 is 22.6 Å². The Morgan fingerprint density at radius 3 is 2.31 bits per heavy atom. The Kier molecular flexibility index (Phi) is 2.77. The highest BCUT2D eigenvalue weighted by Crippen LogP contribution is 2.43. The van der Waals surface area contributed by atoms with Gasteiger partial charge in [-0.2, -0.15) is 0 Å². The number of rotatable bonds is 2. The lowest BCUT2D eigenvalue weighted by molar-refractivity contribution is 0.660. The average Bonchev–Trinajstić information content (AvgIpc) is 2.96. The topological polar surface area (TPSA) is 51.8 Å². The second kappa shape index (κ2) is 4.13. The summed E-state index contributed by atoms with van der Waals surface area (Å²) in [5.74, 6) is 2.94. The predicted molar refractivity (Wildman–Crippen MR) is 72.3 cm³/mol. The fourth-order valence-corrected chi connectivity index (χ4v) is 3.18. The minimum absolute atomic E-state index is 0.566. The van der Waals surface area contributed by atoms with E-state index in [0.717, 1.165) is 9.39 Å². The maximum Gasteiger partial charge on any atom is 0.140 e. The third-order valence-corrected chi connectivity index (χ3v) is 4.71. The minimum Gasteiger partial charge on any atom is -0.383 e. The van der Waals surface area contributed by atoms with Gasteiger partial charge in [-0.1, -0.05) is 12.8 Å². The van der Waals surface area contributed by atoms with Gasteiger partial charge in [0.05, 0.1) is 9.26 Å². The van der Waals surface area contributed by atoms with Crippen LogP contribution in [0.2, 0.25) is 0 Å². The van der Waals surface area contributed by atoms with Crippen molar-refractivity contribution in [2.75, 3.05) is 5.73 Å². The van der Waals surface area contributed by atoms with Crippen LogP contribution in [0, 0.1) is 3.57 Å². The summed E-state index contributed by atoms with van der Waals surface area (Å²) in [4.78, 5) is 9.26. The normalized spacial score (nSPS) is 21.6. The predicted octanol–water partition coefficient (Wildman–Crippen LogP) is 3.20. The first kappa shape index (κ1) is 10.7. The molecule has 1 heterocycles. The van der Waals surface area contributed by atoms with Gasteiger partial charge in [-0.3, -0.25) is 0 Å². The van der Waals surface area contributed by atoms with Crippen molar-refractivity contribution < 1.29 is 0 Å². The maximum absolute atomic E-state index is 6.00. The molecule has 0 bridgehead atoms. The molecule has 4 heteroatoms. The van der Waals surface area contributed by atoms with E-state index in [0.29, 0.717) is 17.7 Å². The molecule has 16 heavy (non-hydrogen) atoms. The van der Waals surface area contributed by atoms with E-state index in [1.807, 2.05) is 0 Å². The molecule has 0 spiro atoms. The lowest BCUT2D eigenvalue weighted by Crippen LogP contribution is -2.09. The van der Waals surface area contributed by atoms with E-state index in [1.165, 1.54) is 44.2 Å². The van der Waals surface area contributed by atoms with Crippen LogP contribution in [0.4, 0.5) is 5.82 Å². The number of nitrogens with zero attached hydrogens (tertiary/aromatic N) is 2. The molecule has 2 aliphatic rings. The number of aromatic nitrogens is 2. The Morgan fingerprint density at radius 2 is 1.69 bits per heavy atom. The van der Waals surface area contributed by atoms with Crippen molar-refractivity contribution in [1.82, 2.24) is 9.97 Å². The second-order valence-corrected chi connectivity index (χ2v) is 6.00. The summed E-state index contributed by atoms with van der Waals surface area (Å²) in [7, 11) is 0. The summed E-state index contributed by atoms with van der Waals surface area (Å²) in [6.07, 6.45) is 7.67. The number of halogens is 1. The number of anilines is 1. The molecule has 0 saturated heterocycles. The number of hydrogen-bond donors (Lipinski definition) is 1. The van der Waals surface area contributed by atoms with Crippen LogP contribution in [0.3, 0.4) is 0 Å². The molecule has 1 aromatic rings. The third-order valence-electron chi connectivity index (χ3n) is 3.60. The molecule has 0 atom stereocenters. The monoisotopic (exact) mass is 329 g/mol. The third kappa shape index (κ3) is 1.92. The zero-order valence-corrected chi connectivity index (χ0v) is 11.4. The number of nitrogen functional groups attached to an aromatic ring is 1. The fourth-order valence-electron chi connectivity index (χ4n) is 2.50. The van der Waals surface area contributed by atoms with Gasteiger partial charge in [-0.05, 0) is 48.3 Å². The van der Waals surface area contributed by atoms with E-state index in [4.69, 9.17) is 10.7 Å². The fraction of sp³-hybridized carbons (Fsp3) is 0.667. The van der Waals surface area contributed by atoms with Crippen LogP contribution < -0.4 is 5.73 Å². The Hall–Kier alpha value is -0.390. The van der Waals surface area contributed by atoms with Crippen LogP contribution in [0.15, 0.2) is 0 Å². The highest BCUT2D eigenvalue weighted by Gasteiger charge is 2.30. The van der Waals surface area contributed by atoms with E-state index in [1.54, 1.807) is 0 Å². The Balaban J connectivity index is 1.98. The van der Waals surface area contributed by atoms with Gasteiger partial charge in [0, 0.05) is 11.8 Å². The molecule has 0 amide bonds.